The van der Waals surface area contributed by atoms with Gasteiger partial charge in [0.15, 0.2) is 10.8 Å². The van der Waals surface area contributed by atoms with E-state index >= 15 is 0 Å². The number of anilines is 1. The van der Waals surface area contributed by atoms with Crippen LogP contribution in [0.4, 0.5) is 5.13 Å². The van der Waals surface area contributed by atoms with Crippen molar-refractivity contribution in [1.82, 2.24) is 20.4 Å². The van der Waals surface area contributed by atoms with Crippen LogP contribution in [0.5, 0.6) is 0 Å². The summed E-state index contributed by atoms with van der Waals surface area (Å²) < 4.78 is 0. The first-order valence-electron chi connectivity index (χ1n) is 6.39. The minimum atomic E-state index is 0.247. The Morgan fingerprint density at radius 2 is 2.09 bits per heavy atom. The van der Waals surface area contributed by atoms with Gasteiger partial charge in [-0.2, -0.15) is 15.6 Å². The van der Waals surface area contributed by atoms with Crippen LogP contribution in [0.3, 0.4) is 0 Å². The monoisotopic (exact) mass is 330 g/mol. The van der Waals surface area contributed by atoms with Gasteiger partial charge >= 0.3 is 0 Å². The fraction of sp³-hybridized carbons (Fsp3) is 0.143. The predicted molar refractivity (Wildman–Crippen MR) is 85.8 cm³/mol. The summed E-state index contributed by atoms with van der Waals surface area (Å²) >= 11 is 7.38. The molecule has 2 heterocycles. The smallest absolute Gasteiger partial charge is 0.192 e. The predicted octanol–water partition coefficient (Wildman–Crippen LogP) is 3.09. The number of nitrogens with zero attached hydrogens (tertiary/aromatic N) is 5. The van der Waals surface area contributed by atoms with Crippen molar-refractivity contribution >= 4 is 28.1 Å². The van der Waals surface area contributed by atoms with Crippen molar-refractivity contribution in [3.63, 3.8) is 0 Å². The number of halogens is 1. The first kappa shape index (κ1) is 14.5. The van der Waals surface area contributed by atoms with Crippen LogP contribution in [0, 0.1) is 11.3 Å². The van der Waals surface area contributed by atoms with Crippen molar-refractivity contribution in [3.8, 4) is 17.5 Å². The number of rotatable bonds is 4. The first-order chi connectivity index (χ1) is 10.7. The second-order valence-corrected chi connectivity index (χ2v) is 5.90. The summed E-state index contributed by atoms with van der Waals surface area (Å²) in [6.45, 7) is 0.716. The van der Waals surface area contributed by atoms with E-state index in [0.29, 0.717) is 17.9 Å². The molecule has 0 radical (unpaired) electrons. The molecular formula is C14H11ClN6S. The SMILES string of the molecule is CN(Cc1ccc(Cl)cc1)c1nc(-c2n[nH]nc2C#N)cs1. The summed E-state index contributed by atoms with van der Waals surface area (Å²) in [5, 5.41) is 22.6. The van der Waals surface area contributed by atoms with Gasteiger partial charge in [-0.3, -0.25) is 0 Å². The van der Waals surface area contributed by atoms with Gasteiger partial charge in [0.2, 0.25) is 0 Å². The van der Waals surface area contributed by atoms with Crippen LogP contribution >= 0.6 is 22.9 Å². The van der Waals surface area contributed by atoms with Crippen LogP contribution in [0.15, 0.2) is 29.6 Å². The molecule has 0 aliphatic carbocycles. The average molecular weight is 331 g/mol. The van der Waals surface area contributed by atoms with E-state index in [-0.39, 0.29) is 5.69 Å². The largest absolute Gasteiger partial charge is 0.347 e. The maximum absolute atomic E-state index is 8.98. The molecule has 1 N–H and O–H groups in total. The van der Waals surface area contributed by atoms with E-state index in [0.717, 1.165) is 15.7 Å². The average Bonchev–Trinajstić information content (AvgIpc) is 3.17. The van der Waals surface area contributed by atoms with Crippen LogP contribution in [0.1, 0.15) is 11.3 Å². The number of aromatic nitrogens is 4. The zero-order valence-corrected chi connectivity index (χ0v) is 13.2. The highest BCUT2D eigenvalue weighted by Crippen LogP contribution is 2.27. The van der Waals surface area contributed by atoms with Crippen LogP contribution in [0.25, 0.3) is 11.4 Å². The summed E-state index contributed by atoms with van der Waals surface area (Å²) in [6.07, 6.45) is 0. The number of aromatic amines is 1. The van der Waals surface area contributed by atoms with E-state index in [1.165, 1.54) is 11.3 Å². The number of hydrogen-bond acceptors (Lipinski definition) is 6. The van der Waals surface area contributed by atoms with Gasteiger partial charge in [0.05, 0.1) is 0 Å². The molecule has 0 aliphatic heterocycles. The number of nitriles is 1. The summed E-state index contributed by atoms with van der Waals surface area (Å²) in [7, 11) is 1.96. The number of H-pyrrole nitrogens is 1. The molecule has 0 unspecified atom stereocenters. The summed E-state index contributed by atoms with van der Waals surface area (Å²) in [5.74, 6) is 0. The lowest BCUT2D eigenvalue weighted by Crippen LogP contribution is -2.15. The molecule has 0 bridgehead atoms. The van der Waals surface area contributed by atoms with Crippen molar-refractivity contribution < 1.29 is 0 Å². The highest BCUT2D eigenvalue weighted by Gasteiger charge is 2.15. The molecule has 0 aliphatic rings. The van der Waals surface area contributed by atoms with Crippen LogP contribution in [0.2, 0.25) is 5.02 Å². The molecule has 3 rings (SSSR count). The van der Waals surface area contributed by atoms with Gasteiger partial charge in [-0.05, 0) is 17.7 Å². The van der Waals surface area contributed by atoms with Crippen molar-refractivity contribution in [2.24, 2.45) is 0 Å². The Hall–Kier alpha value is -2.43. The third-order valence-corrected chi connectivity index (χ3v) is 4.25. The Kier molecular flexibility index (Phi) is 4.04. The highest BCUT2D eigenvalue weighted by molar-refractivity contribution is 7.14. The van der Waals surface area contributed by atoms with Crippen LogP contribution in [-0.4, -0.2) is 27.4 Å². The molecule has 8 heteroatoms. The zero-order valence-electron chi connectivity index (χ0n) is 11.6. The van der Waals surface area contributed by atoms with Crippen LogP contribution < -0.4 is 4.90 Å². The Morgan fingerprint density at radius 1 is 1.32 bits per heavy atom. The van der Waals surface area contributed by atoms with Gasteiger partial charge in [-0.1, -0.05) is 23.7 Å². The molecule has 0 spiro atoms. The molecule has 0 fully saturated rings. The van der Waals surface area contributed by atoms with Gasteiger partial charge in [0.25, 0.3) is 0 Å². The Morgan fingerprint density at radius 3 is 2.82 bits per heavy atom. The third kappa shape index (κ3) is 2.93. The second-order valence-electron chi connectivity index (χ2n) is 4.63. The van der Waals surface area contributed by atoms with Gasteiger partial charge in [0, 0.05) is 24.0 Å². The van der Waals surface area contributed by atoms with E-state index in [2.05, 4.69) is 20.4 Å². The van der Waals surface area contributed by atoms with Gasteiger partial charge in [-0.25, -0.2) is 4.98 Å². The minimum Gasteiger partial charge on any atom is -0.347 e. The lowest BCUT2D eigenvalue weighted by atomic mass is 10.2. The fourth-order valence-electron chi connectivity index (χ4n) is 1.97. The Balaban J connectivity index is 1.78. The summed E-state index contributed by atoms with van der Waals surface area (Å²) in [6, 6.07) is 9.70. The van der Waals surface area contributed by atoms with Crippen molar-refractivity contribution in [2.75, 3.05) is 11.9 Å². The van der Waals surface area contributed by atoms with Crippen molar-refractivity contribution in [3.05, 3.63) is 45.9 Å². The maximum atomic E-state index is 8.98. The molecule has 0 saturated carbocycles. The molecule has 22 heavy (non-hydrogen) atoms. The molecular weight excluding hydrogens is 320 g/mol. The number of benzene rings is 1. The molecule has 2 aromatic heterocycles. The highest BCUT2D eigenvalue weighted by atomic mass is 35.5. The lowest BCUT2D eigenvalue weighted by Gasteiger charge is -2.15. The van der Waals surface area contributed by atoms with Gasteiger partial charge in [-0.15, -0.1) is 16.4 Å². The minimum absolute atomic E-state index is 0.247. The van der Waals surface area contributed by atoms with Crippen molar-refractivity contribution in [1.29, 1.82) is 5.26 Å². The quantitative estimate of drug-likeness (QED) is 0.795. The summed E-state index contributed by atoms with van der Waals surface area (Å²) in [5.41, 5.74) is 2.51. The molecule has 0 amide bonds. The molecule has 110 valence electrons. The first-order valence-corrected chi connectivity index (χ1v) is 7.65. The van der Waals surface area contributed by atoms with E-state index in [1.807, 2.05) is 47.7 Å². The molecule has 1 aromatic carbocycles. The molecule has 6 nitrogen and oxygen atoms in total. The number of thiazole rings is 1. The van der Waals surface area contributed by atoms with E-state index in [1.54, 1.807) is 0 Å². The third-order valence-electron chi connectivity index (χ3n) is 3.05. The van der Waals surface area contributed by atoms with Crippen LogP contribution in [-0.2, 0) is 6.54 Å². The molecule has 3 aromatic rings. The van der Waals surface area contributed by atoms with E-state index in [4.69, 9.17) is 16.9 Å². The number of nitrogens with one attached hydrogen (secondary N) is 1. The van der Waals surface area contributed by atoms with Crippen molar-refractivity contribution in [2.45, 2.75) is 6.54 Å². The van der Waals surface area contributed by atoms with Gasteiger partial charge < -0.3 is 4.90 Å². The zero-order chi connectivity index (χ0) is 15.5. The van der Waals surface area contributed by atoms with Gasteiger partial charge in [0.1, 0.15) is 17.5 Å². The standard InChI is InChI=1S/C14H11ClN6S/c1-21(7-9-2-4-10(15)5-3-9)14-17-12(8-22-14)13-11(6-16)18-20-19-13/h2-5,8H,7H2,1H3,(H,18,19,20). The fourth-order valence-corrected chi connectivity index (χ4v) is 2.87. The number of hydrogen-bond donors (Lipinski definition) is 1. The lowest BCUT2D eigenvalue weighted by molar-refractivity contribution is 0.914. The van der Waals surface area contributed by atoms with E-state index in [9.17, 15) is 0 Å². The Bertz CT molecular complexity index is 816. The Labute approximate surface area is 136 Å². The topological polar surface area (TPSA) is 81.5 Å². The normalized spacial score (nSPS) is 10.4. The summed E-state index contributed by atoms with van der Waals surface area (Å²) in [4.78, 5) is 6.55. The maximum Gasteiger partial charge on any atom is 0.192 e. The molecule has 0 atom stereocenters. The molecule has 0 saturated heterocycles. The van der Waals surface area contributed by atoms with E-state index < -0.39 is 0 Å². The second kappa shape index (κ2) is 6.13.